The molecule has 0 saturated carbocycles. The molecule has 4 aromatic heterocycles. The van der Waals surface area contributed by atoms with Crippen molar-refractivity contribution in [3.63, 3.8) is 0 Å². The molecule has 17 heteroatoms. The number of thiazole rings is 1. The van der Waals surface area contributed by atoms with Gasteiger partial charge in [0.15, 0.2) is 34.5 Å². The summed E-state index contributed by atoms with van der Waals surface area (Å²) in [7, 11) is 1.63. The summed E-state index contributed by atoms with van der Waals surface area (Å²) in [6.07, 6.45) is 2.84. The Labute approximate surface area is 246 Å². The molecule has 0 bridgehead atoms. The number of fused-ring (bicyclic) bond motifs is 3. The third kappa shape index (κ3) is 5.63. The lowest BCUT2D eigenvalue weighted by molar-refractivity contribution is 0.248. The first-order chi connectivity index (χ1) is 20.8. The number of nitrogens with two attached hydrogens (primary N) is 1. The topological polar surface area (TPSA) is 168 Å². The second-order valence-electron chi connectivity index (χ2n) is 9.64. The second kappa shape index (κ2) is 11.8. The Kier molecular flexibility index (Phi) is 7.73. The van der Waals surface area contributed by atoms with Crippen LogP contribution in [0.15, 0.2) is 44.7 Å². The van der Waals surface area contributed by atoms with E-state index in [4.69, 9.17) is 20.3 Å². The fourth-order valence-corrected chi connectivity index (χ4v) is 5.72. The molecule has 1 aromatic carbocycles. The highest BCUT2D eigenvalue weighted by atomic mass is 32.1. The Balaban J connectivity index is 1.12. The molecular formula is C26H27F2N11O3S. The molecule has 0 spiro atoms. The number of hydrogen-bond acceptors (Lipinski definition) is 11. The maximum absolute atomic E-state index is 14.7. The van der Waals surface area contributed by atoms with Gasteiger partial charge >= 0.3 is 4.87 Å². The van der Waals surface area contributed by atoms with Crippen LogP contribution in [0.2, 0.25) is 0 Å². The van der Waals surface area contributed by atoms with Gasteiger partial charge in [-0.05, 0) is 12.1 Å². The van der Waals surface area contributed by atoms with Gasteiger partial charge in [-0.15, -0.1) is 5.10 Å². The molecule has 1 aliphatic rings. The molecule has 0 radical (unpaired) electrons. The summed E-state index contributed by atoms with van der Waals surface area (Å²) < 4.78 is 43.4. The highest BCUT2D eigenvalue weighted by Crippen LogP contribution is 2.29. The van der Waals surface area contributed by atoms with E-state index in [-0.39, 0.29) is 34.7 Å². The molecule has 14 nitrogen and oxygen atoms in total. The van der Waals surface area contributed by atoms with Crippen LogP contribution >= 0.6 is 11.3 Å². The first-order valence-corrected chi connectivity index (χ1v) is 14.1. The summed E-state index contributed by atoms with van der Waals surface area (Å²) in [4.78, 5) is 29.5. The van der Waals surface area contributed by atoms with Crippen molar-refractivity contribution in [1.29, 1.82) is 5.41 Å². The summed E-state index contributed by atoms with van der Waals surface area (Å²) >= 11 is 1.03. The van der Waals surface area contributed by atoms with Crippen molar-refractivity contribution >= 4 is 51.1 Å². The average Bonchev–Trinajstić information content (AvgIpc) is 3.74. The Morgan fingerprint density at radius 1 is 1.21 bits per heavy atom. The standard InChI is InChI=1S/C26H27F2N11O3S/c1-31-14-32-20(29)13-42-19-12-17(15(27)11-16(19)28)37-7-4-36(5-8-37)6-9-38-23-21(43-26(38)40)24-33-22(18-3-2-10-41-18)35-39(24)25(30)34-23/h2-3,10-12,14H,4-9,13H2,1H3,(H2,30,34)(H2,29,31,32). The predicted octanol–water partition coefficient (Wildman–Crippen LogP) is 2.05. The maximum atomic E-state index is 14.7. The zero-order valence-electron chi connectivity index (χ0n) is 23.0. The number of aliphatic imine (C=N–C) groups is 1. The minimum absolute atomic E-state index is 0.0974. The molecule has 1 aliphatic heterocycles. The molecule has 6 rings (SSSR count). The van der Waals surface area contributed by atoms with Crippen LogP contribution in [0, 0.1) is 17.0 Å². The van der Waals surface area contributed by atoms with E-state index in [2.05, 4.69) is 30.3 Å². The minimum atomic E-state index is -0.853. The second-order valence-corrected chi connectivity index (χ2v) is 10.6. The highest BCUT2D eigenvalue weighted by molar-refractivity contribution is 7.17. The number of piperazine rings is 1. The molecule has 0 amide bonds. The number of nitrogen functional groups attached to an aromatic ring is 1. The van der Waals surface area contributed by atoms with Crippen molar-refractivity contribution in [2.45, 2.75) is 6.54 Å². The van der Waals surface area contributed by atoms with Crippen molar-refractivity contribution < 1.29 is 17.9 Å². The Hall–Kier alpha value is -4.90. The fraction of sp³-hybridized carbons (Fsp3) is 0.308. The molecule has 4 N–H and O–H groups in total. The van der Waals surface area contributed by atoms with Gasteiger partial charge in [-0.2, -0.15) is 9.50 Å². The van der Waals surface area contributed by atoms with Crippen molar-refractivity contribution in [3.8, 4) is 17.3 Å². The van der Waals surface area contributed by atoms with Gasteiger partial charge in [-0.1, -0.05) is 11.3 Å². The summed E-state index contributed by atoms with van der Waals surface area (Å²) in [5, 5.41) is 14.8. The van der Waals surface area contributed by atoms with Gasteiger partial charge in [0.05, 0.1) is 18.3 Å². The largest absolute Gasteiger partial charge is 0.482 e. The monoisotopic (exact) mass is 611 g/mol. The number of nitrogens with zero attached hydrogens (tertiary/aromatic N) is 8. The van der Waals surface area contributed by atoms with Gasteiger partial charge in [0.2, 0.25) is 11.8 Å². The maximum Gasteiger partial charge on any atom is 0.309 e. The van der Waals surface area contributed by atoms with Crippen LogP contribution in [0.25, 0.3) is 27.6 Å². The molecule has 5 aromatic rings. The minimum Gasteiger partial charge on any atom is -0.482 e. The van der Waals surface area contributed by atoms with Crippen LogP contribution in [0.4, 0.5) is 20.4 Å². The van der Waals surface area contributed by atoms with Crippen LogP contribution < -0.4 is 25.6 Å². The van der Waals surface area contributed by atoms with E-state index in [1.165, 1.54) is 23.2 Å². The van der Waals surface area contributed by atoms with E-state index < -0.39 is 11.6 Å². The van der Waals surface area contributed by atoms with Gasteiger partial charge in [0.1, 0.15) is 17.1 Å². The summed E-state index contributed by atoms with van der Waals surface area (Å²) in [6, 6.07) is 5.56. The van der Waals surface area contributed by atoms with Crippen molar-refractivity contribution in [2.75, 3.05) is 57.0 Å². The molecule has 43 heavy (non-hydrogen) atoms. The number of nitrogens with one attached hydrogen (secondary N) is 2. The van der Waals surface area contributed by atoms with Gasteiger partial charge in [-0.25, -0.2) is 18.8 Å². The van der Waals surface area contributed by atoms with Gasteiger partial charge in [0.25, 0.3) is 0 Å². The summed E-state index contributed by atoms with van der Waals surface area (Å²) in [6.45, 7) is 2.78. The van der Waals surface area contributed by atoms with Crippen LogP contribution in [-0.2, 0) is 6.54 Å². The molecule has 224 valence electrons. The van der Waals surface area contributed by atoms with E-state index in [1.54, 1.807) is 23.7 Å². The third-order valence-corrected chi connectivity index (χ3v) is 7.89. The number of rotatable bonds is 9. The number of halogens is 2. The van der Waals surface area contributed by atoms with Crippen molar-refractivity contribution in [3.05, 3.63) is 51.8 Å². The SMILES string of the molecule is CN/C=N\C(=N)COc1cc(N2CCN(CCn3c(=O)sc4c3nc(N)n3nc(-c5ccco5)nc43)CC2)c(F)cc1F. The Morgan fingerprint density at radius 3 is 2.77 bits per heavy atom. The van der Waals surface area contributed by atoms with Gasteiger partial charge in [0, 0.05) is 58.4 Å². The number of amidine groups is 1. The normalized spacial score (nSPS) is 14.3. The average molecular weight is 612 g/mol. The number of benzene rings is 1. The van der Waals surface area contributed by atoms with Crippen LogP contribution in [-0.4, -0.2) is 87.6 Å². The first kappa shape index (κ1) is 28.2. The number of anilines is 2. The molecule has 1 saturated heterocycles. The quantitative estimate of drug-likeness (QED) is 0.166. The molecule has 1 fully saturated rings. The number of furan rings is 1. The van der Waals surface area contributed by atoms with Crippen LogP contribution in [0.3, 0.4) is 0 Å². The van der Waals surface area contributed by atoms with Gasteiger partial charge in [-0.3, -0.25) is 19.7 Å². The first-order valence-electron chi connectivity index (χ1n) is 13.3. The molecule has 5 heterocycles. The molecular weight excluding hydrogens is 584 g/mol. The van der Waals surface area contributed by atoms with Crippen LogP contribution in [0.5, 0.6) is 5.75 Å². The van der Waals surface area contributed by atoms with Gasteiger partial charge < -0.3 is 25.1 Å². The van der Waals surface area contributed by atoms with E-state index in [0.717, 1.165) is 17.4 Å². The van der Waals surface area contributed by atoms with E-state index in [1.807, 2.05) is 4.90 Å². The highest BCUT2D eigenvalue weighted by Gasteiger charge is 2.24. The van der Waals surface area contributed by atoms with E-state index in [9.17, 15) is 13.6 Å². The molecule has 0 aliphatic carbocycles. The molecule has 0 unspecified atom stereocenters. The van der Waals surface area contributed by atoms with Crippen LogP contribution in [0.1, 0.15) is 0 Å². The lowest BCUT2D eigenvalue weighted by Gasteiger charge is -2.36. The smallest absolute Gasteiger partial charge is 0.309 e. The predicted molar refractivity (Wildman–Crippen MR) is 158 cm³/mol. The number of ether oxygens (including phenoxy) is 1. The third-order valence-electron chi connectivity index (χ3n) is 6.93. The van der Waals surface area contributed by atoms with E-state index in [0.29, 0.717) is 66.8 Å². The summed E-state index contributed by atoms with van der Waals surface area (Å²) in [5.74, 6) is -0.914. The zero-order chi connectivity index (χ0) is 30.1. The summed E-state index contributed by atoms with van der Waals surface area (Å²) in [5.41, 5.74) is 7.25. The lowest BCUT2D eigenvalue weighted by atomic mass is 10.2. The Bertz CT molecular complexity index is 1870. The molecule has 0 atom stereocenters. The van der Waals surface area contributed by atoms with Crippen molar-refractivity contribution in [1.82, 2.24) is 34.4 Å². The fourth-order valence-electron chi connectivity index (χ4n) is 4.79. The Morgan fingerprint density at radius 2 is 2.02 bits per heavy atom. The lowest BCUT2D eigenvalue weighted by Crippen LogP contribution is -2.47. The van der Waals surface area contributed by atoms with Crippen molar-refractivity contribution in [2.24, 2.45) is 4.99 Å². The number of hydrogen-bond donors (Lipinski definition) is 3. The van der Waals surface area contributed by atoms with E-state index >= 15 is 0 Å². The number of aromatic nitrogens is 5. The zero-order valence-corrected chi connectivity index (χ0v) is 23.8.